The Kier molecular flexibility index (Phi) is 4.33. The van der Waals surface area contributed by atoms with Crippen LogP contribution in [-0.4, -0.2) is 54.4 Å². The summed E-state index contributed by atoms with van der Waals surface area (Å²) >= 11 is 6.02. The first kappa shape index (κ1) is 16.5. The van der Waals surface area contributed by atoms with Crippen LogP contribution in [0.5, 0.6) is 0 Å². The molecule has 1 aromatic heterocycles. The lowest BCUT2D eigenvalue weighted by Gasteiger charge is -2.45. The number of anilines is 1. The number of nitriles is 1. The highest BCUT2D eigenvalue weighted by Crippen LogP contribution is 2.31. The lowest BCUT2D eigenvalue weighted by atomic mass is 10.0. The summed E-state index contributed by atoms with van der Waals surface area (Å²) in [5.74, 6) is 0.241. The highest BCUT2D eigenvalue weighted by molar-refractivity contribution is 6.31. The molecule has 0 aliphatic carbocycles. The Labute approximate surface area is 145 Å². The number of carbonyl (C=O) groups is 2. The average Bonchev–Trinajstić information content (AvgIpc) is 2.90. The number of nitrogens with one attached hydrogen (secondary N) is 1. The number of aromatic nitrogens is 1. The minimum atomic E-state index is -0.276. The number of hydrogen-bond donors (Lipinski definition) is 1. The van der Waals surface area contributed by atoms with Gasteiger partial charge in [0.2, 0.25) is 11.8 Å². The first-order chi connectivity index (χ1) is 11.5. The van der Waals surface area contributed by atoms with E-state index in [1.807, 2.05) is 4.90 Å². The van der Waals surface area contributed by atoms with Crippen LogP contribution in [0.4, 0.5) is 5.82 Å². The molecule has 1 N–H and O–H groups in total. The van der Waals surface area contributed by atoms with Crippen molar-refractivity contribution in [3.8, 4) is 6.07 Å². The number of amides is 2. The average molecular weight is 348 g/mol. The molecule has 8 heteroatoms. The van der Waals surface area contributed by atoms with Gasteiger partial charge in [0.1, 0.15) is 11.9 Å². The van der Waals surface area contributed by atoms with Gasteiger partial charge >= 0.3 is 0 Å². The SMILES string of the molecule is CNC(=O)C1CC(=O)N(C2CN(c3ncc(Cl)c(C)c3C#N)C2)C1. The second-order valence-electron chi connectivity index (χ2n) is 6.16. The zero-order chi connectivity index (χ0) is 17.4. The topological polar surface area (TPSA) is 89.3 Å². The van der Waals surface area contributed by atoms with E-state index in [9.17, 15) is 14.9 Å². The third-order valence-electron chi connectivity index (χ3n) is 4.75. The van der Waals surface area contributed by atoms with Crippen LogP contribution in [0, 0.1) is 24.2 Å². The van der Waals surface area contributed by atoms with Gasteiger partial charge in [-0.05, 0) is 12.5 Å². The van der Waals surface area contributed by atoms with Crippen LogP contribution in [0.1, 0.15) is 17.5 Å². The van der Waals surface area contributed by atoms with E-state index in [0.717, 1.165) is 0 Å². The summed E-state index contributed by atoms with van der Waals surface area (Å²) in [7, 11) is 1.58. The van der Waals surface area contributed by atoms with Crippen LogP contribution in [0.25, 0.3) is 0 Å². The molecular weight excluding hydrogens is 330 g/mol. The van der Waals surface area contributed by atoms with Gasteiger partial charge in [-0.3, -0.25) is 9.59 Å². The molecule has 0 bridgehead atoms. The van der Waals surface area contributed by atoms with Gasteiger partial charge in [-0.2, -0.15) is 5.26 Å². The number of nitrogens with zero attached hydrogens (tertiary/aromatic N) is 4. The lowest BCUT2D eigenvalue weighted by Crippen LogP contribution is -2.60. The number of hydrogen-bond acceptors (Lipinski definition) is 5. The Balaban J connectivity index is 1.69. The molecule has 0 radical (unpaired) electrons. The quantitative estimate of drug-likeness (QED) is 0.869. The lowest BCUT2D eigenvalue weighted by molar-refractivity contribution is -0.130. The second-order valence-corrected chi connectivity index (χ2v) is 6.57. The van der Waals surface area contributed by atoms with Gasteiger partial charge in [-0.1, -0.05) is 11.6 Å². The minimum absolute atomic E-state index is 0.00834. The molecule has 126 valence electrons. The van der Waals surface area contributed by atoms with Gasteiger partial charge in [0.15, 0.2) is 0 Å². The van der Waals surface area contributed by atoms with E-state index in [1.165, 1.54) is 0 Å². The summed E-state index contributed by atoms with van der Waals surface area (Å²) in [6.07, 6.45) is 1.81. The van der Waals surface area contributed by atoms with Gasteiger partial charge in [-0.15, -0.1) is 0 Å². The van der Waals surface area contributed by atoms with Crippen LogP contribution in [0.3, 0.4) is 0 Å². The number of rotatable bonds is 3. The van der Waals surface area contributed by atoms with E-state index < -0.39 is 0 Å². The Morgan fingerprint density at radius 1 is 1.46 bits per heavy atom. The maximum atomic E-state index is 12.1. The van der Waals surface area contributed by atoms with Gasteiger partial charge in [-0.25, -0.2) is 4.98 Å². The van der Waals surface area contributed by atoms with Crippen LogP contribution >= 0.6 is 11.6 Å². The van der Waals surface area contributed by atoms with E-state index in [1.54, 1.807) is 25.1 Å². The molecule has 2 saturated heterocycles. The minimum Gasteiger partial charge on any atom is -0.359 e. The van der Waals surface area contributed by atoms with Crippen molar-refractivity contribution in [2.45, 2.75) is 19.4 Å². The van der Waals surface area contributed by atoms with Crippen molar-refractivity contribution in [1.29, 1.82) is 5.26 Å². The van der Waals surface area contributed by atoms with E-state index in [0.29, 0.717) is 41.6 Å². The molecule has 1 unspecified atom stereocenters. The third-order valence-corrected chi connectivity index (χ3v) is 5.13. The molecule has 2 fully saturated rings. The zero-order valence-corrected chi connectivity index (χ0v) is 14.3. The zero-order valence-electron chi connectivity index (χ0n) is 13.5. The number of pyridine rings is 1. The monoisotopic (exact) mass is 347 g/mol. The van der Waals surface area contributed by atoms with Crippen molar-refractivity contribution < 1.29 is 9.59 Å². The summed E-state index contributed by atoms with van der Waals surface area (Å²) < 4.78 is 0. The first-order valence-electron chi connectivity index (χ1n) is 7.77. The summed E-state index contributed by atoms with van der Waals surface area (Å²) in [4.78, 5) is 31.9. The Bertz CT molecular complexity index is 739. The fourth-order valence-corrected chi connectivity index (χ4v) is 3.37. The van der Waals surface area contributed by atoms with Gasteiger partial charge in [0.05, 0.1) is 22.5 Å². The molecule has 3 rings (SSSR count). The van der Waals surface area contributed by atoms with Crippen LogP contribution < -0.4 is 10.2 Å². The molecule has 0 saturated carbocycles. The number of halogens is 1. The van der Waals surface area contributed by atoms with Crippen LogP contribution in [-0.2, 0) is 9.59 Å². The fourth-order valence-electron chi connectivity index (χ4n) is 3.23. The molecule has 2 aliphatic rings. The summed E-state index contributed by atoms with van der Waals surface area (Å²) in [5, 5.41) is 12.4. The van der Waals surface area contributed by atoms with E-state index in [2.05, 4.69) is 16.4 Å². The molecule has 7 nitrogen and oxygen atoms in total. The number of likely N-dealkylation sites (tertiary alicyclic amines) is 1. The van der Waals surface area contributed by atoms with Gasteiger partial charge < -0.3 is 15.1 Å². The predicted octanol–water partition coefficient (Wildman–Crippen LogP) is 0.698. The van der Waals surface area contributed by atoms with Crippen molar-refractivity contribution >= 4 is 29.2 Å². The fraction of sp³-hybridized carbons (Fsp3) is 0.500. The van der Waals surface area contributed by atoms with Gasteiger partial charge in [0.25, 0.3) is 0 Å². The number of carbonyl (C=O) groups excluding carboxylic acids is 2. The Morgan fingerprint density at radius 2 is 2.17 bits per heavy atom. The van der Waals surface area contributed by atoms with E-state index in [-0.39, 0.29) is 30.2 Å². The van der Waals surface area contributed by atoms with Crippen molar-refractivity contribution in [1.82, 2.24) is 15.2 Å². The van der Waals surface area contributed by atoms with Crippen molar-refractivity contribution in [3.63, 3.8) is 0 Å². The van der Waals surface area contributed by atoms with Crippen molar-refractivity contribution in [3.05, 3.63) is 22.3 Å². The molecular formula is C16H18ClN5O2. The summed E-state index contributed by atoms with van der Waals surface area (Å²) in [6.45, 7) is 3.46. The second kappa shape index (κ2) is 6.29. The molecule has 2 aliphatic heterocycles. The molecule has 1 aromatic rings. The van der Waals surface area contributed by atoms with Crippen molar-refractivity contribution in [2.24, 2.45) is 5.92 Å². The molecule has 24 heavy (non-hydrogen) atoms. The largest absolute Gasteiger partial charge is 0.359 e. The molecule has 2 amide bonds. The molecule has 0 spiro atoms. The third kappa shape index (κ3) is 2.67. The maximum absolute atomic E-state index is 12.1. The van der Waals surface area contributed by atoms with Crippen molar-refractivity contribution in [2.75, 3.05) is 31.6 Å². The summed E-state index contributed by atoms with van der Waals surface area (Å²) in [5.41, 5.74) is 1.18. The highest BCUT2D eigenvalue weighted by Gasteiger charge is 2.42. The molecule has 0 aromatic carbocycles. The van der Waals surface area contributed by atoms with Crippen LogP contribution in [0.15, 0.2) is 6.20 Å². The normalized spacial score (nSPS) is 20.8. The van der Waals surface area contributed by atoms with Crippen LogP contribution in [0.2, 0.25) is 5.02 Å². The molecule has 1 atom stereocenters. The van der Waals surface area contributed by atoms with E-state index >= 15 is 0 Å². The first-order valence-corrected chi connectivity index (χ1v) is 8.15. The predicted molar refractivity (Wildman–Crippen MR) is 88.6 cm³/mol. The molecule has 3 heterocycles. The smallest absolute Gasteiger partial charge is 0.225 e. The summed E-state index contributed by atoms with van der Waals surface area (Å²) in [6, 6.07) is 2.21. The highest BCUT2D eigenvalue weighted by atomic mass is 35.5. The standard InChI is InChI=1S/C16H18ClN5O2/c1-9-12(4-18)15(20-5-13(9)17)21-7-11(8-21)22-6-10(3-14(22)23)16(24)19-2/h5,10-11H,3,6-8H2,1-2H3,(H,19,24). The van der Waals surface area contributed by atoms with E-state index in [4.69, 9.17) is 11.6 Å². The van der Waals surface area contributed by atoms with Gasteiger partial charge in [0, 0.05) is 39.3 Å². The Morgan fingerprint density at radius 3 is 2.79 bits per heavy atom. The Hall–Kier alpha value is -2.33. The maximum Gasteiger partial charge on any atom is 0.225 e.